The third-order valence-electron chi connectivity index (χ3n) is 1.18. The van der Waals surface area contributed by atoms with E-state index in [1.54, 1.807) is 0 Å². The molecule has 65 valence electrons. The predicted octanol–water partition coefficient (Wildman–Crippen LogP) is 2.63. The summed E-state index contributed by atoms with van der Waals surface area (Å²) in [6, 6.07) is 0. The predicted molar refractivity (Wildman–Crippen MR) is 48.6 cm³/mol. The maximum absolute atomic E-state index is 11.0. The van der Waals surface area contributed by atoms with Crippen molar-refractivity contribution in [2.24, 2.45) is 0 Å². The van der Waals surface area contributed by atoms with Crippen LogP contribution in [-0.4, -0.2) is 11.6 Å². The lowest BCUT2D eigenvalue weighted by Gasteiger charge is -2.08. The minimum Gasteiger partial charge on any atom is -0.286 e. The van der Waals surface area contributed by atoms with Gasteiger partial charge < -0.3 is 0 Å². The molecule has 0 N–H and O–H groups in total. The molecule has 0 aliphatic heterocycles. The van der Waals surface area contributed by atoms with Gasteiger partial charge in [0.05, 0.1) is 0 Å². The average molecular weight is 247 g/mol. The molecule has 0 fully saturated rings. The number of hydrogen-bond acceptors (Lipinski definition) is 2. The lowest BCUT2D eigenvalue weighted by atomic mass is 10.1. The van der Waals surface area contributed by atoms with E-state index in [9.17, 15) is 9.59 Å². The summed E-state index contributed by atoms with van der Waals surface area (Å²) < 4.78 is 0. The van der Waals surface area contributed by atoms with Crippen molar-refractivity contribution in [1.29, 1.82) is 0 Å². The third kappa shape index (κ3) is 1.40. The fourth-order valence-electron chi connectivity index (χ4n) is 0.591. The van der Waals surface area contributed by atoms with Crippen LogP contribution < -0.4 is 0 Å². The van der Waals surface area contributed by atoms with E-state index in [1.165, 1.54) is 0 Å². The molecule has 0 heterocycles. The molecule has 6 heteroatoms. The van der Waals surface area contributed by atoms with Gasteiger partial charge in [-0.3, -0.25) is 9.59 Å². The van der Waals surface area contributed by atoms with Crippen molar-refractivity contribution in [3.63, 3.8) is 0 Å². The van der Waals surface area contributed by atoms with Crippen LogP contribution >= 0.6 is 46.4 Å². The first-order valence-corrected chi connectivity index (χ1v) is 4.18. The second kappa shape index (κ2) is 3.38. The summed E-state index contributed by atoms with van der Waals surface area (Å²) in [5.41, 5.74) is 0. The van der Waals surface area contributed by atoms with Gasteiger partial charge in [-0.15, -0.1) is 0 Å². The van der Waals surface area contributed by atoms with Gasteiger partial charge in [-0.1, -0.05) is 46.4 Å². The third-order valence-corrected chi connectivity index (χ3v) is 2.82. The fraction of sp³-hybridized carbons (Fsp3) is 0. The van der Waals surface area contributed by atoms with E-state index in [0.717, 1.165) is 0 Å². The number of allylic oxidation sites excluding steroid dienone is 4. The van der Waals surface area contributed by atoms with Crippen LogP contribution in [0, 0.1) is 0 Å². The van der Waals surface area contributed by atoms with Gasteiger partial charge in [-0.25, -0.2) is 0 Å². The van der Waals surface area contributed by atoms with Crippen molar-refractivity contribution >= 4 is 58.0 Å². The summed E-state index contributed by atoms with van der Waals surface area (Å²) in [6.45, 7) is 0. The molecule has 0 spiro atoms. The molecule has 0 saturated heterocycles. The summed E-state index contributed by atoms with van der Waals surface area (Å²) in [5.74, 6) is -1.46. The Balaban J connectivity index is 0.00000144. The highest BCUT2D eigenvalue weighted by atomic mass is 35.5. The monoisotopic (exact) mass is 245 g/mol. The Bertz CT molecular complexity index is 283. The highest BCUT2D eigenvalue weighted by Crippen LogP contribution is 2.32. The molecule has 0 bridgehead atoms. The molecule has 0 saturated carbocycles. The number of carbonyl (C=O) groups is 2. The van der Waals surface area contributed by atoms with Crippen molar-refractivity contribution in [2.75, 3.05) is 0 Å². The minimum atomic E-state index is -0.729. The molecule has 0 unspecified atom stereocenters. The highest BCUT2D eigenvalue weighted by Gasteiger charge is 2.31. The summed E-state index contributed by atoms with van der Waals surface area (Å²) in [4.78, 5) is 22.0. The van der Waals surface area contributed by atoms with Gasteiger partial charge in [0.25, 0.3) is 0 Å². The van der Waals surface area contributed by atoms with E-state index in [1.807, 2.05) is 0 Å². The van der Waals surface area contributed by atoms with Crippen molar-refractivity contribution in [3.05, 3.63) is 20.1 Å². The van der Waals surface area contributed by atoms with Crippen LogP contribution in [0.25, 0.3) is 0 Å². The standard InChI is InChI=1S/C6Cl4O2.H/c7-1-2(8)6(12)4(10)3(9)5(1)11;. The Morgan fingerprint density at radius 1 is 0.667 bits per heavy atom. The largest absolute Gasteiger partial charge is 0.286 e. The van der Waals surface area contributed by atoms with Gasteiger partial charge in [0, 0.05) is 1.43 Å². The molecular weight excluding hydrogens is 246 g/mol. The van der Waals surface area contributed by atoms with Crippen LogP contribution in [0.5, 0.6) is 0 Å². The fourth-order valence-corrected chi connectivity index (χ4v) is 1.41. The molecule has 0 amide bonds. The zero-order valence-corrected chi connectivity index (χ0v) is 8.35. The molecule has 0 aromatic heterocycles. The molecule has 1 radical (unpaired) electrons. The van der Waals surface area contributed by atoms with Crippen molar-refractivity contribution in [2.45, 2.75) is 0 Å². The van der Waals surface area contributed by atoms with Crippen LogP contribution in [0.4, 0.5) is 0 Å². The molecule has 12 heavy (non-hydrogen) atoms. The van der Waals surface area contributed by atoms with Gasteiger partial charge in [-0.05, 0) is 0 Å². The Morgan fingerprint density at radius 2 is 0.833 bits per heavy atom. The van der Waals surface area contributed by atoms with Crippen LogP contribution in [0.3, 0.4) is 0 Å². The Hall–Kier alpha value is -0.0200. The highest BCUT2D eigenvalue weighted by molar-refractivity contribution is 6.69. The Labute approximate surface area is 89.2 Å². The van der Waals surface area contributed by atoms with E-state index in [4.69, 9.17) is 46.4 Å². The first-order chi connectivity index (χ1) is 5.46. The van der Waals surface area contributed by atoms with E-state index in [-0.39, 0.29) is 1.43 Å². The van der Waals surface area contributed by atoms with Gasteiger partial charge >= 0.3 is 0 Å². The summed E-state index contributed by atoms with van der Waals surface area (Å²) >= 11 is 21.5. The van der Waals surface area contributed by atoms with Crippen LogP contribution in [0.1, 0.15) is 1.43 Å². The molecule has 1 rings (SSSR count). The zero-order valence-electron chi connectivity index (χ0n) is 6.33. The lowest BCUT2D eigenvalue weighted by molar-refractivity contribution is -0.114. The van der Waals surface area contributed by atoms with E-state index < -0.39 is 31.7 Å². The molecule has 2 nitrogen and oxygen atoms in total. The first-order valence-electron chi connectivity index (χ1n) is 2.66. The smallest absolute Gasteiger partial charge is 0.219 e. The number of Topliss-reactive ketones (excluding diaryl/α,β-unsaturated/α-hetero) is 2. The SMILES string of the molecule is O=C1C(Cl)=C(Cl)C(=O)C(Cl)=C1Cl.[H]. The number of carbonyl (C=O) groups excluding carboxylic acids is 2. The van der Waals surface area contributed by atoms with Crippen molar-refractivity contribution in [3.8, 4) is 0 Å². The summed E-state index contributed by atoms with van der Waals surface area (Å²) in [7, 11) is 0. The number of ketones is 2. The molecular formula is C6HCl4O2. The van der Waals surface area contributed by atoms with Crippen LogP contribution in [0.15, 0.2) is 20.1 Å². The molecule has 0 atom stereocenters. The second-order valence-electron chi connectivity index (χ2n) is 1.91. The van der Waals surface area contributed by atoms with Crippen LogP contribution in [-0.2, 0) is 9.59 Å². The normalized spacial score (nSPS) is 19.3. The maximum Gasteiger partial charge on any atom is 0.219 e. The topological polar surface area (TPSA) is 34.1 Å². The summed E-state index contributed by atoms with van der Waals surface area (Å²) in [6.07, 6.45) is 0. The number of halogens is 4. The van der Waals surface area contributed by atoms with Crippen molar-refractivity contribution in [1.82, 2.24) is 0 Å². The first kappa shape index (κ1) is 10.1. The van der Waals surface area contributed by atoms with E-state index in [2.05, 4.69) is 0 Å². The number of hydrogen-bond donors (Lipinski definition) is 0. The number of rotatable bonds is 0. The molecule has 0 aromatic carbocycles. The average Bonchev–Trinajstić information content (AvgIpc) is 2.08. The molecule has 1 aliphatic rings. The molecule has 0 aromatic rings. The Kier molecular flexibility index (Phi) is 2.84. The van der Waals surface area contributed by atoms with Gasteiger partial charge in [0.15, 0.2) is 0 Å². The van der Waals surface area contributed by atoms with E-state index in [0.29, 0.717) is 0 Å². The zero-order chi connectivity index (χ0) is 9.46. The van der Waals surface area contributed by atoms with Gasteiger partial charge in [-0.2, -0.15) is 0 Å². The van der Waals surface area contributed by atoms with E-state index >= 15 is 0 Å². The minimum absolute atomic E-state index is 0. The van der Waals surface area contributed by atoms with Crippen LogP contribution in [0.2, 0.25) is 0 Å². The van der Waals surface area contributed by atoms with Gasteiger partial charge in [0.2, 0.25) is 11.6 Å². The Morgan fingerprint density at radius 3 is 1.00 bits per heavy atom. The maximum atomic E-state index is 11.0. The van der Waals surface area contributed by atoms with Crippen molar-refractivity contribution < 1.29 is 11.0 Å². The quantitative estimate of drug-likeness (QED) is 0.616. The lowest BCUT2D eigenvalue weighted by Crippen LogP contribution is -2.14. The van der Waals surface area contributed by atoms with Gasteiger partial charge in [0.1, 0.15) is 20.1 Å². The molecule has 1 aliphatic carbocycles. The summed E-state index contributed by atoms with van der Waals surface area (Å²) in [5, 5.41) is -1.57. The second-order valence-corrected chi connectivity index (χ2v) is 3.43.